The standard InChI is InChI=1S/C18H30N6O6/c1-9(2)4-13(18(29)30)23-17(28)15(10(3)25)24-14(26)7-21-16(27)12(19)5-11-6-20-8-22-11/h6,8-10,12-13,15,25H,4-5,7,19H2,1-3H3,(H,20,22)(H,21,27)(H,23,28)(H,24,26)(H,29,30). The molecule has 0 aliphatic carbocycles. The number of imidazole rings is 1. The molecule has 1 rings (SSSR count). The summed E-state index contributed by atoms with van der Waals surface area (Å²) in [5.41, 5.74) is 6.42. The van der Waals surface area contributed by atoms with Gasteiger partial charge in [-0.05, 0) is 19.3 Å². The van der Waals surface area contributed by atoms with Crippen LogP contribution in [0.15, 0.2) is 12.5 Å². The average Bonchev–Trinajstić information content (AvgIpc) is 3.15. The SMILES string of the molecule is CC(C)CC(NC(=O)C(NC(=O)CNC(=O)C(N)Cc1cnc[nH]1)C(C)O)C(=O)O. The van der Waals surface area contributed by atoms with Crippen LogP contribution in [0.4, 0.5) is 0 Å². The number of hydrogen-bond donors (Lipinski definition) is 7. The number of nitrogens with zero attached hydrogens (tertiary/aromatic N) is 1. The molecule has 0 aliphatic rings. The van der Waals surface area contributed by atoms with Gasteiger partial charge in [0.25, 0.3) is 0 Å². The van der Waals surface area contributed by atoms with Crippen LogP contribution < -0.4 is 21.7 Å². The van der Waals surface area contributed by atoms with Crippen molar-refractivity contribution in [2.45, 2.75) is 57.8 Å². The molecule has 1 aromatic rings. The van der Waals surface area contributed by atoms with Crippen LogP contribution in [0.1, 0.15) is 32.9 Å². The molecule has 168 valence electrons. The van der Waals surface area contributed by atoms with Gasteiger partial charge in [-0.25, -0.2) is 9.78 Å². The predicted octanol–water partition coefficient (Wildman–Crippen LogP) is -2.12. The second-order valence-corrected chi connectivity index (χ2v) is 7.42. The zero-order valence-corrected chi connectivity index (χ0v) is 17.2. The molecule has 0 aliphatic heterocycles. The van der Waals surface area contributed by atoms with Crippen molar-refractivity contribution < 1.29 is 29.4 Å². The molecule has 0 radical (unpaired) electrons. The predicted molar refractivity (Wildman–Crippen MR) is 106 cm³/mol. The molecule has 0 bridgehead atoms. The van der Waals surface area contributed by atoms with Crippen molar-refractivity contribution in [1.82, 2.24) is 25.9 Å². The fourth-order valence-corrected chi connectivity index (χ4v) is 2.61. The van der Waals surface area contributed by atoms with Gasteiger partial charge in [0.15, 0.2) is 0 Å². The lowest BCUT2D eigenvalue weighted by Gasteiger charge is -2.24. The Balaban J connectivity index is 2.58. The van der Waals surface area contributed by atoms with E-state index in [2.05, 4.69) is 25.9 Å². The van der Waals surface area contributed by atoms with E-state index in [0.29, 0.717) is 5.69 Å². The number of aliphatic hydroxyl groups excluding tert-OH is 1. The lowest BCUT2D eigenvalue weighted by atomic mass is 10.0. The number of carbonyl (C=O) groups excluding carboxylic acids is 3. The Kier molecular flexibility index (Phi) is 9.92. The zero-order valence-electron chi connectivity index (χ0n) is 17.2. The third-order valence-corrected chi connectivity index (χ3v) is 4.16. The number of aliphatic hydroxyl groups is 1. The van der Waals surface area contributed by atoms with Crippen molar-refractivity contribution in [3.05, 3.63) is 18.2 Å². The van der Waals surface area contributed by atoms with Crippen LogP contribution in [-0.4, -0.2) is 74.6 Å². The van der Waals surface area contributed by atoms with Gasteiger partial charge in [0, 0.05) is 18.3 Å². The smallest absolute Gasteiger partial charge is 0.326 e. The maximum Gasteiger partial charge on any atom is 0.326 e. The van der Waals surface area contributed by atoms with E-state index in [9.17, 15) is 29.4 Å². The molecular weight excluding hydrogens is 396 g/mol. The van der Waals surface area contributed by atoms with Gasteiger partial charge in [-0.15, -0.1) is 0 Å². The van der Waals surface area contributed by atoms with Crippen LogP contribution >= 0.6 is 0 Å². The van der Waals surface area contributed by atoms with Gasteiger partial charge in [0.2, 0.25) is 17.7 Å². The summed E-state index contributed by atoms with van der Waals surface area (Å²) in [4.78, 5) is 54.4. The highest BCUT2D eigenvalue weighted by Gasteiger charge is 2.30. The first-order valence-electron chi connectivity index (χ1n) is 9.52. The molecule has 4 atom stereocenters. The Labute approximate surface area is 174 Å². The topological polar surface area (TPSA) is 200 Å². The fourth-order valence-electron chi connectivity index (χ4n) is 2.61. The first-order chi connectivity index (χ1) is 14.0. The van der Waals surface area contributed by atoms with Gasteiger partial charge in [-0.1, -0.05) is 13.8 Å². The van der Waals surface area contributed by atoms with Crippen molar-refractivity contribution in [2.75, 3.05) is 6.54 Å². The van der Waals surface area contributed by atoms with Gasteiger partial charge in [-0.3, -0.25) is 14.4 Å². The van der Waals surface area contributed by atoms with Gasteiger partial charge >= 0.3 is 5.97 Å². The molecule has 8 N–H and O–H groups in total. The molecule has 0 saturated heterocycles. The number of aromatic nitrogens is 2. The second kappa shape index (κ2) is 11.9. The highest BCUT2D eigenvalue weighted by Crippen LogP contribution is 2.06. The van der Waals surface area contributed by atoms with E-state index >= 15 is 0 Å². The summed E-state index contributed by atoms with van der Waals surface area (Å²) < 4.78 is 0. The minimum atomic E-state index is -1.39. The molecule has 30 heavy (non-hydrogen) atoms. The van der Waals surface area contributed by atoms with Crippen molar-refractivity contribution in [3.8, 4) is 0 Å². The Hall–Kier alpha value is -2.99. The summed E-state index contributed by atoms with van der Waals surface area (Å²) in [6, 6.07) is -3.46. The quantitative estimate of drug-likeness (QED) is 0.196. The first kappa shape index (κ1) is 25.0. The Morgan fingerprint density at radius 1 is 1.17 bits per heavy atom. The number of aliphatic carboxylic acids is 1. The number of amides is 3. The summed E-state index contributed by atoms with van der Waals surface area (Å²) in [6.07, 6.45) is 2.06. The maximum absolute atomic E-state index is 12.4. The second-order valence-electron chi connectivity index (χ2n) is 7.42. The lowest BCUT2D eigenvalue weighted by Crippen LogP contribution is -2.57. The molecule has 3 amide bonds. The van der Waals surface area contributed by atoms with E-state index in [1.165, 1.54) is 19.4 Å². The largest absolute Gasteiger partial charge is 0.480 e. The number of nitrogens with one attached hydrogen (secondary N) is 4. The van der Waals surface area contributed by atoms with Crippen LogP contribution in [0, 0.1) is 5.92 Å². The Bertz CT molecular complexity index is 721. The molecule has 4 unspecified atom stereocenters. The summed E-state index contributed by atoms with van der Waals surface area (Å²) in [7, 11) is 0. The summed E-state index contributed by atoms with van der Waals surface area (Å²) in [6.45, 7) is 4.41. The highest BCUT2D eigenvalue weighted by molar-refractivity contribution is 5.92. The molecule has 0 spiro atoms. The van der Waals surface area contributed by atoms with Crippen LogP contribution in [0.25, 0.3) is 0 Å². The molecule has 1 heterocycles. The number of rotatable bonds is 12. The summed E-state index contributed by atoms with van der Waals surface area (Å²) >= 11 is 0. The van der Waals surface area contributed by atoms with E-state index in [4.69, 9.17) is 5.73 Å². The summed E-state index contributed by atoms with van der Waals surface area (Å²) in [5, 5.41) is 26.0. The van der Waals surface area contributed by atoms with Crippen molar-refractivity contribution >= 4 is 23.7 Å². The molecule has 0 saturated carbocycles. The number of hydrogen-bond acceptors (Lipinski definition) is 7. The van der Waals surface area contributed by atoms with Gasteiger partial charge in [0.05, 0.1) is 25.0 Å². The average molecular weight is 426 g/mol. The minimum absolute atomic E-state index is 0.00664. The van der Waals surface area contributed by atoms with Crippen molar-refractivity contribution in [2.24, 2.45) is 11.7 Å². The van der Waals surface area contributed by atoms with Crippen LogP contribution in [0.3, 0.4) is 0 Å². The van der Waals surface area contributed by atoms with Crippen LogP contribution in [0.2, 0.25) is 0 Å². The monoisotopic (exact) mass is 426 g/mol. The number of H-pyrrole nitrogens is 1. The van der Waals surface area contributed by atoms with Gasteiger partial charge in [-0.2, -0.15) is 0 Å². The lowest BCUT2D eigenvalue weighted by molar-refractivity contribution is -0.143. The van der Waals surface area contributed by atoms with Crippen LogP contribution in [0.5, 0.6) is 0 Å². The normalized spacial score (nSPS) is 15.0. The molecular formula is C18H30N6O6. The highest BCUT2D eigenvalue weighted by atomic mass is 16.4. The Morgan fingerprint density at radius 2 is 1.83 bits per heavy atom. The number of carboxylic acids is 1. The summed E-state index contributed by atoms with van der Waals surface area (Å²) in [5.74, 6) is -3.37. The van der Waals surface area contributed by atoms with Gasteiger partial charge < -0.3 is 36.9 Å². The van der Waals surface area contributed by atoms with Gasteiger partial charge in [0.1, 0.15) is 12.1 Å². The fraction of sp³-hybridized carbons (Fsp3) is 0.611. The Morgan fingerprint density at radius 3 is 2.33 bits per heavy atom. The minimum Gasteiger partial charge on any atom is -0.480 e. The van der Waals surface area contributed by atoms with Crippen molar-refractivity contribution in [1.29, 1.82) is 0 Å². The van der Waals surface area contributed by atoms with Crippen LogP contribution in [-0.2, 0) is 25.6 Å². The van der Waals surface area contributed by atoms with E-state index in [1.54, 1.807) is 13.8 Å². The molecule has 12 heteroatoms. The zero-order chi connectivity index (χ0) is 22.8. The molecule has 0 fully saturated rings. The van der Waals surface area contributed by atoms with Crippen molar-refractivity contribution in [3.63, 3.8) is 0 Å². The maximum atomic E-state index is 12.4. The van der Waals surface area contributed by atoms with E-state index in [0.717, 1.165) is 0 Å². The van der Waals surface area contributed by atoms with E-state index in [-0.39, 0.29) is 18.8 Å². The number of aromatic amines is 1. The third-order valence-electron chi connectivity index (χ3n) is 4.16. The first-order valence-corrected chi connectivity index (χ1v) is 9.52. The number of carboxylic acid groups (broad SMARTS) is 1. The third kappa shape index (κ3) is 8.57. The van der Waals surface area contributed by atoms with E-state index in [1.807, 2.05) is 0 Å². The molecule has 1 aromatic heterocycles. The number of carbonyl (C=O) groups is 4. The molecule has 12 nitrogen and oxygen atoms in total. The number of nitrogens with two attached hydrogens (primary N) is 1. The molecule has 0 aromatic carbocycles. The van der Waals surface area contributed by atoms with E-state index < -0.39 is 54.5 Å².